The number of amides is 2. The molecule has 4 nitrogen and oxygen atoms in total. The number of para-hydroxylation sites is 1. The highest BCUT2D eigenvalue weighted by Gasteiger charge is 2.31. The van der Waals surface area contributed by atoms with Crippen LogP contribution in [-0.4, -0.2) is 35.2 Å². The van der Waals surface area contributed by atoms with E-state index in [1.54, 1.807) is 4.90 Å². The Hall–Kier alpha value is -2.33. The SMILES string of the molecule is CC1CCCN(C(=O)Nc2ccccc2Cc2ccccc2)C1CO. The van der Waals surface area contributed by atoms with Crippen molar-refractivity contribution in [3.8, 4) is 0 Å². The number of anilines is 1. The van der Waals surface area contributed by atoms with Gasteiger partial charge >= 0.3 is 6.03 Å². The van der Waals surface area contributed by atoms with Crippen LogP contribution in [0, 0.1) is 5.92 Å². The molecule has 2 unspecified atom stereocenters. The van der Waals surface area contributed by atoms with Gasteiger partial charge in [-0.05, 0) is 42.4 Å². The minimum Gasteiger partial charge on any atom is -0.394 e. The predicted octanol–water partition coefficient (Wildman–Crippen LogP) is 3.90. The zero-order valence-electron chi connectivity index (χ0n) is 14.7. The molecule has 2 amide bonds. The van der Waals surface area contributed by atoms with Crippen LogP contribution in [0.5, 0.6) is 0 Å². The fraction of sp³-hybridized carbons (Fsp3) is 0.381. The number of aliphatic hydroxyl groups is 1. The Bertz CT molecular complexity index is 702. The summed E-state index contributed by atoms with van der Waals surface area (Å²) in [6, 6.07) is 17.9. The van der Waals surface area contributed by atoms with Gasteiger partial charge in [-0.25, -0.2) is 4.79 Å². The number of hydrogen-bond donors (Lipinski definition) is 2. The Balaban J connectivity index is 1.75. The van der Waals surface area contributed by atoms with Crippen molar-refractivity contribution in [3.63, 3.8) is 0 Å². The summed E-state index contributed by atoms with van der Waals surface area (Å²) < 4.78 is 0. The average Bonchev–Trinajstić information content (AvgIpc) is 2.64. The molecule has 1 aliphatic rings. The van der Waals surface area contributed by atoms with Crippen LogP contribution in [0.1, 0.15) is 30.9 Å². The van der Waals surface area contributed by atoms with Gasteiger partial charge in [-0.1, -0.05) is 55.5 Å². The van der Waals surface area contributed by atoms with Crippen LogP contribution in [-0.2, 0) is 6.42 Å². The van der Waals surface area contributed by atoms with Crippen LogP contribution < -0.4 is 5.32 Å². The number of benzene rings is 2. The standard InChI is InChI=1S/C21H26N2O2/c1-16-8-7-13-23(20(16)15-24)21(25)22-19-12-6-5-11-18(19)14-17-9-3-2-4-10-17/h2-6,9-12,16,20,24H,7-8,13-15H2,1H3,(H,22,25). The van der Waals surface area contributed by atoms with Crippen LogP contribution in [0.2, 0.25) is 0 Å². The normalized spacial score (nSPS) is 20.3. The second kappa shape index (κ2) is 8.17. The summed E-state index contributed by atoms with van der Waals surface area (Å²) in [4.78, 5) is 14.6. The molecule has 2 aromatic rings. The largest absolute Gasteiger partial charge is 0.394 e. The van der Waals surface area contributed by atoms with E-state index in [1.165, 1.54) is 5.56 Å². The van der Waals surface area contributed by atoms with E-state index in [1.807, 2.05) is 42.5 Å². The number of aliphatic hydroxyl groups excluding tert-OH is 1. The fourth-order valence-electron chi connectivity index (χ4n) is 3.58. The number of rotatable bonds is 4. The fourth-order valence-corrected chi connectivity index (χ4v) is 3.58. The molecule has 2 atom stereocenters. The number of piperidine rings is 1. The first-order valence-electron chi connectivity index (χ1n) is 8.99. The Morgan fingerprint density at radius 1 is 1.16 bits per heavy atom. The molecule has 0 aliphatic carbocycles. The summed E-state index contributed by atoms with van der Waals surface area (Å²) in [7, 11) is 0. The maximum absolute atomic E-state index is 12.8. The van der Waals surface area contributed by atoms with Gasteiger partial charge < -0.3 is 15.3 Å². The minimum atomic E-state index is -0.119. The van der Waals surface area contributed by atoms with Crippen molar-refractivity contribution in [1.82, 2.24) is 4.90 Å². The number of hydrogen-bond acceptors (Lipinski definition) is 2. The van der Waals surface area contributed by atoms with Gasteiger partial charge in [-0.2, -0.15) is 0 Å². The molecule has 0 bridgehead atoms. The van der Waals surface area contributed by atoms with Crippen molar-refractivity contribution in [3.05, 3.63) is 65.7 Å². The maximum atomic E-state index is 12.8. The van der Waals surface area contributed by atoms with E-state index in [4.69, 9.17) is 0 Å². The van der Waals surface area contributed by atoms with Crippen LogP contribution >= 0.6 is 0 Å². The average molecular weight is 338 g/mol. The van der Waals surface area contributed by atoms with Crippen LogP contribution in [0.4, 0.5) is 10.5 Å². The molecule has 0 aromatic heterocycles. The van der Waals surface area contributed by atoms with Crippen molar-refractivity contribution in [2.75, 3.05) is 18.5 Å². The highest BCUT2D eigenvalue weighted by molar-refractivity contribution is 5.90. The summed E-state index contributed by atoms with van der Waals surface area (Å²) in [6.07, 6.45) is 2.81. The van der Waals surface area contributed by atoms with E-state index < -0.39 is 0 Å². The van der Waals surface area contributed by atoms with E-state index in [2.05, 4.69) is 24.4 Å². The molecule has 1 aliphatic heterocycles. The lowest BCUT2D eigenvalue weighted by Gasteiger charge is -2.39. The van der Waals surface area contributed by atoms with E-state index in [0.717, 1.165) is 30.5 Å². The van der Waals surface area contributed by atoms with Crippen molar-refractivity contribution in [2.45, 2.75) is 32.2 Å². The lowest BCUT2D eigenvalue weighted by molar-refractivity contribution is 0.0811. The first-order chi connectivity index (χ1) is 12.2. The number of carbonyl (C=O) groups is 1. The first-order valence-corrected chi connectivity index (χ1v) is 8.99. The first kappa shape index (κ1) is 17.5. The summed E-state index contributed by atoms with van der Waals surface area (Å²) in [5, 5.41) is 12.7. The van der Waals surface area contributed by atoms with Gasteiger partial charge in [0.2, 0.25) is 0 Å². The van der Waals surface area contributed by atoms with Gasteiger partial charge in [0.15, 0.2) is 0 Å². The quantitative estimate of drug-likeness (QED) is 0.888. The number of nitrogens with zero attached hydrogens (tertiary/aromatic N) is 1. The molecule has 1 fully saturated rings. The van der Waals surface area contributed by atoms with E-state index in [-0.39, 0.29) is 18.7 Å². The van der Waals surface area contributed by atoms with Crippen LogP contribution in [0.15, 0.2) is 54.6 Å². The summed E-state index contributed by atoms with van der Waals surface area (Å²) in [5.41, 5.74) is 3.14. The Morgan fingerprint density at radius 2 is 1.88 bits per heavy atom. The number of urea groups is 1. The topological polar surface area (TPSA) is 52.6 Å². The molecule has 4 heteroatoms. The third kappa shape index (κ3) is 4.20. The van der Waals surface area contributed by atoms with Gasteiger partial charge in [0.1, 0.15) is 0 Å². The Labute approximate surface area is 149 Å². The van der Waals surface area contributed by atoms with E-state index >= 15 is 0 Å². The zero-order valence-corrected chi connectivity index (χ0v) is 14.7. The molecule has 2 N–H and O–H groups in total. The molecule has 1 heterocycles. The predicted molar refractivity (Wildman–Crippen MR) is 101 cm³/mol. The minimum absolute atomic E-state index is 0.0141. The van der Waals surface area contributed by atoms with Crippen LogP contribution in [0.25, 0.3) is 0 Å². The molecular weight excluding hydrogens is 312 g/mol. The van der Waals surface area contributed by atoms with Gasteiger partial charge in [0, 0.05) is 12.2 Å². The molecule has 3 rings (SSSR count). The molecule has 2 aromatic carbocycles. The molecule has 132 valence electrons. The van der Waals surface area contributed by atoms with Crippen molar-refractivity contribution in [1.29, 1.82) is 0 Å². The third-order valence-electron chi connectivity index (χ3n) is 5.06. The molecule has 0 radical (unpaired) electrons. The second-order valence-electron chi connectivity index (χ2n) is 6.81. The lowest BCUT2D eigenvalue weighted by Crippen LogP contribution is -2.51. The molecule has 0 saturated carbocycles. The lowest BCUT2D eigenvalue weighted by atomic mass is 9.91. The molecule has 1 saturated heterocycles. The Morgan fingerprint density at radius 3 is 2.64 bits per heavy atom. The van der Waals surface area contributed by atoms with Gasteiger partial charge in [0.05, 0.1) is 12.6 Å². The molecular formula is C21H26N2O2. The zero-order chi connectivity index (χ0) is 17.6. The third-order valence-corrected chi connectivity index (χ3v) is 5.06. The summed E-state index contributed by atoms with van der Waals surface area (Å²) in [5.74, 6) is 0.323. The monoisotopic (exact) mass is 338 g/mol. The number of carbonyl (C=O) groups excluding carboxylic acids is 1. The highest BCUT2D eigenvalue weighted by Crippen LogP contribution is 2.25. The molecule has 0 spiro atoms. The van der Waals surface area contributed by atoms with E-state index in [9.17, 15) is 9.90 Å². The van der Waals surface area contributed by atoms with Crippen molar-refractivity contribution >= 4 is 11.7 Å². The summed E-state index contributed by atoms with van der Waals surface area (Å²) in [6.45, 7) is 2.81. The van der Waals surface area contributed by atoms with Gasteiger partial charge in [-0.15, -0.1) is 0 Å². The van der Waals surface area contributed by atoms with Crippen LogP contribution in [0.3, 0.4) is 0 Å². The molecule has 25 heavy (non-hydrogen) atoms. The Kier molecular flexibility index (Phi) is 5.71. The van der Waals surface area contributed by atoms with Gasteiger partial charge in [0.25, 0.3) is 0 Å². The van der Waals surface area contributed by atoms with E-state index in [0.29, 0.717) is 12.5 Å². The number of likely N-dealkylation sites (tertiary alicyclic amines) is 1. The highest BCUT2D eigenvalue weighted by atomic mass is 16.3. The smallest absolute Gasteiger partial charge is 0.322 e. The van der Waals surface area contributed by atoms with Crippen molar-refractivity contribution < 1.29 is 9.90 Å². The summed E-state index contributed by atoms with van der Waals surface area (Å²) >= 11 is 0. The maximum Gasteiger partial charge on any atom is 0.322 e. The second-order valence-corrected chi connectivity index (χ2v) is 6.81. The van der Waals surface area contributed by atoms with Gasteiger partial charge in [-0.3, -0.25) is 0 Å². The number of nitrogens with one attached hydrogen (secondary N) is 1. The van der Waals surface area contributed by atoms with Crippen molar-refractivity contribution in [2.24, 2.45) is 5.92 Å².